The van der Waals surface area contributed by atoms with Crippen molar-refractivity contribution >= 4 is 23.2 Å². The minimum Gasteiger partial charge on any atom is -0.318 e. The van der Waals surface area contributed by atoms with Gasteiger partial charge in [0.1, 0.15) is 0 Å². The van der Waals surface area contributed by atoms with Crippen LogP contribution in [0.3, 0.4) is 0 Å². The highest BCUT2D eigenvalue weighted by Gasteiger charge is 2.34. The fourth-order valence-electron chi connectivity index (χ4n) is 2.80. The molecule has 1 unspecified atom stereocenters. The molecule has 23 heavy (non-hydrogen) atoms. The van der Waals surface area contributed by atoms with Gasteiger partial charge in [0.05, 0.1) is 11.6 Å². The molecule has 2 aromatic carbocycles. The number of nitrogens with one attached hydrogen (secondary N) is 1. The highest BCUT2D eigenvalue weighted by Crippen LogP contribution is 2.31. The Labute approximate surface area is 134 Å². The van der Waals surface area contributed by atoms with Crippen molar-refractivity contribution in [3.05, 3.63) is 59.7 Å². The summed E-state index contributed by atoms with van der Waals surface area (Å²) in [5, 5.41) is 11.3. The van der Waals surface area contributed by atoms with Crippen LogP contribution < -0.4 is 10.2 Å². The summed E-state index contributed by atoms with van der Waals surface area (Å²) in [5.74, 6) is -1.26. The number of para-hydroxylation sites is 1. The first-order valence-electron chi connectivity index (χ1n) is 7.33. The average Bonchev–Trinajstić information content (AvgIpc) is 2.90. The van der Waals surface area contributed by atoms with Gasteiger partial charge in [0, 0.05) is 17.4 Å². The summed E-state index contributed by atoms with van der Waals surface area (Å²) in [6, 6.07) is 15.9. The van der Waals surface area contributed by atoms with Crippen molar-refractivity contribution < 1.29 is 9.59 Å². The number of anilines is 2. The molecule has 0 bridgehead atoms. The highest BCUT2D eigenvalue weighted by atomic mass is 16.2. The third kappa shape index (κ3) is 2.79. The van der Waals surface area contributed by atoms with Crippen LogP contribution in [-0.4, -0.2) is 17.9 Å². The standard InChI is InChI=1S/C18H15N3O2/c1-12-10-14-4-2-3-5-16(14)21(12)18(23)17(22)20-15-8-6-13(11-19)7-9-15/h2-9,12H,10H2,1H3,(H,20,22). The summed E-state index contributed by atoms with van der Waals surface area (Å²) < 4.78 is 0. The van der Waals surface area contributed by atoms with Crippen molar-refractivity contribution in [1.82, 2.24) is 0 Å². The lowest BCUT2D eigenvalue weighted by Crippen LogP contribution is -2.43. The molecule has 1 N–H and O–H groups in total. The SMILES string of the molecule is CC1Cc2ccccc2N1C(=O)C(=O)Nc1ccc(C#N)cc1. The van der Waals surface area contributed by atoms with Gasteiger partial charge < -0.3 is 10.2 Å². The van der Waals surface area contributed by atoms with Crippen LogP contribution in [0.4, 0.5) is 11.4 Å². The molecule has 5 nitrogen and oxygen atoms in total. The predicted molar refractivity (Wildman–Crippen MR) is 86.9 cm³/mol. The minimum atomic E-state index is -0.682. The maximum absolute atomic E-state index is 12.5. The van der Waals surface area contributed by atoms with Gasteiger partial charge in [-0.25, -0.2) is 0 Å². The molecule has 0 aliphatic carbocycles. The highest BCUT2D eigenvalue weighted by molar-refractivity contribution is 6.44. The predicted octanol–water partition coefficient (Wildman–Crippen LogP) is 2.47. The van der Waals surface area contributed by atoms with E-state index in [1.54, 1.807) is 24.3 Å². The van der Waals surface area contributed by atoms with E-state index in [1.807, 2.05) is 37.3 Å². The largest absolute Gasteiger partial charge is 0.318 e. The van der Waals surface area contributed by atoms with Gasteiger partial charge in [-0.2, -0.15) is 5.26 Å². The first-order valence-corrected chi connectivity index (χ1v) is 7.33. The van der Waals surface area contributed by atoms with E-state index in [2.05, 4.69) is 5.32 Å². The molecular formula is C18H15N3O2. The molecule has 2 amide bonds. The van der Waals surface area contributed by atoms with Gasteiger partial charge in [0.2, 0.25) is 0 Å². The lowest BCUT2D eigenvalue weighted by molar-refractivity contribution is -0.134. The third-order valence-electron chi connectivity index (χ3n) is 3.89. The van der Waals surface area contributed by atoms with Crippen LogP contribution in [0.15, 0.2) is 48.5 Å². The molecule has 3 rings (SSSR count). The van der Waals surface area contributed by atoms with E-state index in [0.29, 0.717) is 11.3 Å². The summed E-state index contributed by atoms with van der Waals surface area (Å²) in [5.41, 5.74) is 2.85. The minimum absolute atomic E-state index is 0.0494. The quantitative estimate of drug-likeness (QED) is 0.823. The van der Waals surface area contributed by atoms with Crippen LogP contribution >= 0.6 is 0 Å². The number of carbonyl (C=O) groups is 2. The molecule has 0 aromatic heterocycles. The van der Waals surface area contributed by atoms with E-state index in [4.69, 9.17) is 5.26 Å². The molecule has 114 valence electrons. The number of nitrogens with zero attached hydrogens (tertiary/aromatic N) is 2. The zero-order chi connectivity index (χ0) is 16.4. The molecule has 1 aliphatic rings. The lowest BCUT2D eigenvalue weighted by Gasteiger charge is -2.22. The fourth-order valence-corrected chi connectivity index (χ4v) is 2.80. The van der Waals surface area contributed by atoms with Gasteiger partial charge in [-0.3, -0.25) is 9.59 Å². The Balaban J connectivity index is 1.77. The Morgan fingerprint density at radius 3 is 2.57 bits per heavy atom. The Hall–Kier alpha value is -3.13. The molecule has 0 fully saturated rings. The van der Waals surface area contributed by atoms with Gasteiger partial charge in [-0.1, -0.05) is 18.2 Å². The van der Waals surface area contributed by atoms with Crippen molar-refractivity contribution in [3.8, 4) is 6.07 Å². The van der Waals surface area contributed by atoms with Crippen LogP contribution in [-0.2, 0) is 16.0 Å². The zero-order valence-corrected chi connectivity index (χ0v) is 12.6. The Kier molecular flexibility index (Phi) is 3.82. The van der Waals surface area contributed by atoms with E-state index >= 15 is 0 Å². The first kappa shape index (κ1) is 14.8. The molecule has 0 spiro atoms. The van der Waals surface area contributed by atoms with Crippen molar-refractivity contribution in [2.45, 2.75) is 19.4 Å². The lowest BCUT2D eigenvalue weighted by atomic mass is 10.1. The van der Waals surface area contributed by atoms with Crippen LogP contribution in [0.1, 0.15) is 18.1 Å². The second-order valence-electron chi connectivity index (χ2n) is 5.50. The summed E-state index contributed by atoms with van der Waals surface area (Å²) in [6.45, 7) is 1.92. The summed E-state index contributed by atoms with van der Waals surface area (Å²) >= 11 is 0. The fraction of sp³-hybridized carbons (Fsp3) is 0.167. The number of amides is 2. The van der Waals surface area contributed by atoms with Crippen LogP contribution in [0, 0.1) is 11.3 Å². The van der Waals surface area contributed by atoms with Gasteiger partial charge in [0.15, 0.2) is 0 Å². The van der Waals surface area contributed by atoms with E-state index in [0.717, 1.165) is 17.7 Å². The van der Waals surface area contributed by atoms with Crippen molar-refractivity contribution in [1.29, 1.82) is 5.26 Å². The number of benzene rings is 2. The summed E-state index contributed by atoms with van der Waals surface area (Å²) in [4.78, 5) is 26.3. The van der Waals surface area contributed by atoms with E-state index in [-0.39, 0.29) is 6.04 Å². The van der Waals surface area contributed by atoms with Gasteiger partial charge in [-0.05, 0) is 49.2 Å². The zero-order valence-electron chi connectivity index (χ0n) is 12.6. The Morgan fingerprint density at radius 2 is 1.87 bits per heavy atom. The number of nitriles is 1. The smallest absolute Gasteiger partial charge is 0.316 e. The van der Waals surface area contributed by atoms with E-state index < -0.39 is 11.8 Å². The molecule has 1 aliphatic heterocycles. The van der Waals surface area contributed by atoms with Gasteiger partial charge in [0.25, 0.3) is 0 Å². The molecule has 0 saturated heterocycles. The molecular weight excluding hydrogens is 290 g/mol. The summed E-state index contributed by atoms with van der Waals surface area (Å²) in [7, 11) is 0. The van der Waals surface area contributed by atoms with Crippen molar-refractivity contribution in [2.24, 2.45) is 0 Å². The van der Waals surface area contributed by atoms with Crippen molar-refractivity contribution in [3.63, 3.8) is 0 Å². The topological polar surface area (TPSA) is 73.2 Å². The number of carbonyl (C=O) groups excluding carboxylic acids is 2. The number of hydrogen-bond donors (Lipinski definition) is 1. The van der Waals surface area contributed by atoms with Crippen LogP contribution in [0.5, 0.6) is 0 Å². The normalized spacial score (nSPS) is 15.7. The maximum Gasteiger partial charge on any atom is 0.316 e. The van der Waals surface area contributed by atoms with Crippen LogP contribution in [0.25, 0.3) is 0 Å². The first-order chi connectivity index (χ1) is 11.1. The van der Waals surface area contributed by atoms with Gasteiger partial charge >= 0.3 is 11.8 Å². The second kappa shape index (κ2) is 5.93. The second-order valence-corrected chi connectivity index (χ2v) is 5.50. The molecule has 1 heterocycles. The van der Waals surface area contributed by atoms with Crippen molar-refractivity contribution in [2.75, 3.05) is 10.2 Å². The average molecular weight is 305 g/mol. The molecule has 5 heteroatoms. The number of fused-ring (bicyclic) bond motifs is 1. The molecule has 0 saturated carbocycles. The third-order valence-corrected chi connectivity index (χ3v) is 3.89. The monoisotopic (exact) mass is 305 g/mol. The summed E-state index contributed by atoms with van der Waals surface area (Å²) in [6.07, 6.45) is 0.742. The molecule has 2 aromatic rings. The Bertz CT molecular complexity index is 806. The number of hydrogen-bond acceptors (Lipinski definition) is 3. The van der Waals surface area contributed by atoms with E-state index in [1.165, 1.54) is 4.90 Å². The van der Waals surface area contributed by atoms with Crippen LogP contribution in [0.2, 0.25) is 0 Å². The maximum atomic E-state index is 12.5. The molecule has 0 radical (unpaired) electrons. The van der Waals surface area contributed by atoms with Gasteiger partial charge in [-0.15, -0.1) is 0 Å². The number of rotatable bonds is 1. The van der Waals surface area contributed by atoms with E-state index in [9.17, 15) is 9.59 Å². The Morgan fingerprint density at radius 1 is 1.17 bits per heavy atom. The molecule has 1 atom stereocenters.